The van der Waals surface area contributed by atoms with Gasteiger partial charge in [0.05, 0.1) is 21.3 Å². The van der Waals surface area contributed by atoms with Crippen LogP contribution in [0.1, 0.15) is 5.56 Å². The molecule has 3 aromatic rings. The van der Waals surface area contributed by atoms with Gasteiger partial charge in [-0.2, -0.15) is 0 Å². The fourth-order valence-corrected chi connectivity index (χ4v) is 2.76. The van der Waals surface area contributed by atoms with E-state index in [9.17, 15) is 4.39 Å². The third-order valence-electron chi connectivity index (χ3n) is 4.13. The summed E-state index contributed by atoms with van der Waals surface area (Å²) in [7, 11) is 4.74. The van der Waals surface area contributed by atoms with Crippen LogP contribution in [0.25, 0.3) is 11.1 Å². The number of nitrogens with one attached hydrogen (secondary N) is 1. The largest absolute Gasteiger partial charge is 0.493 e. The lowest BCUT2D eigenvalue weighted by Crippen LogP contribution is -2.00. The molecule has 0 saturated carbocycles. The Morgan fingerprint density at radius 3 is 2.11 bits per heavy atom. The Morgan fingerprint density at radius 2 is 1.52 bits per heavy atom. The van der Waals surface area contributed by atoms with Gasteiger partial charge in [-0.1, -0.05) is 0 Å². The SMILES string of the molecule is COc1cc(-c2cncc(CNc3ccc(F)cc3)c2)cc(OC)c1OC. The summed E-state index contributed by atoms with van der Waals surface area (Å²) in [6.45, 7) is 0.566. The normalized spacial score (nSPS) is 10.4. The van der Waals surface area contributed by atoms with Crippen molar-refractivity contribution in [2.75, 3.05) is 26.6 Å². The number of ether oxygens (including phenoxy) is 3. The van der Waals surface area contributed by atoms with Gasteiger partial charge in [0.2, 0.25) is 5.75 Å². The minimum Gasteiger partial charge on any atom is -0.493 e. The number of rotatable bonds is 7. The third-order valence-corrected chi connectivity index (χ3v) is 4.13. The fraction of sp³-hybridized carbons (Fsp3) is 0.190. The van der Waals surface area contributed by atoms with E-state index in [1.54, 1.807) is 45.9 Å². The van der Waals surface area contributed by atoms with E-state index in [0.29, 0.717) is 23.8 Å². The maximum atomic E-state index is 13.0. The van der Waals surface area contributed by atoms with Gasteiger partial charge in [0.25, 0.3) is 0 Å². The van der Waals surface area contributed by atoms with Gasteiger partial charge >= 0.3 is 0 Å². The fourth-order valence-electron chi connectivity index (χ4n) is 2.76. The van der Waals surface area contributed by atoms with Crippen LogP contribution >= 0.6 is 0 Å². The molecule has 0 unspecified atom stereocenters. The summed E-state index contributed by atoms with van der Waals surface area (Å²) in [6.07, 6.45) is 3.57. The Kier molecular flexibility index (Phi) is 5.76. The van der Waals surface area contributed by atoms with E-state index in [4.69, 9.17) is 14.2 Å². The first-order valence-corrected chi connectivity index (χ1v) is 8.38. The second-order valence-corrected chi connectivity index (χ2v) is 5.86. The molecule has 0 amide bonds. The van der Waals surface area contributed by atoms with E-state index in [1.807, 2.05) is 18.2 Å². The first kappa shape index (κ1) is 18.5. The minimum absolute atomic E-state index is 0.258. The first-order chi connectivity index (χ1) is 13.1. The molecule has 5 nitrogen and oxygen atoms in total. The molecule has 0 bridgehead atoms. The van der Waals surface area contributed by atoms with Crippen molar-refractivity contribution in [2.45, 2.75) is 6.54 Å². The van der Waals surface area contributed by atoms with Gasteiger partial charge in [0, 0.05) is 30.2 Å². The molecule has 0 aliphatic rings. The molecule has 6 heteroatoms. The molecule has 0 fully saturated rings. The predicted molar refractivity (Wildman–Crippen MR) is 103 cm³/mol. The number of halogens is 1. The summed E-state index contributed by atoms with van der Waals surface area (Å²) in [6, 6.07) is 12.0. The maximum Gasteiger partial charge on any atom is 0.203 e. The topological polar surface area (TPSA) is 52.6 Å². The third kappa shape index (κ3) is 4.28. The predicted octanol–water partition coefficient (Wildman–Crippen LogP) is 4.53. The van der Waals surface area contributed by atoms with Crippen LogP contribution in [0.5, 0.6) is 17.2 Å². The van der Waals surface area contributed by atoms with Crippen molar-refractivity contribution >= 4 is 5.69 Å². The van der Waals surface area contributed by atoms with Gasteiger partial charge in [-0.25, -0.2) is 4.39 Å². The van der Waals surface area contributed by atoms with Crippen LogP contribution in [0.3, 0.4) is 0 Å². The summed E-state index contributed by atoms with van der Waals surface area (Å²) in [5.41, 5.74) is 3.66. The highest BCUT2D eigenvalue weighted by Crippen LogP contribution is 2.41. The average Bonchev–Trinajstić information content (AvgIpc) is 2.72. The Morgan fingerprint density at radius 1 is 0.852 bits per heavy atom. The van der Waals surface area contributed by atoms with Crippen LogP contribution in [0.2, 0.25) is 0 Å². The van der Waals surface area contributed by atoms with Crippen LogP contribution < -0.4 is 19.5 Å². The van der Waals surface area contributed by atoms with Gasteiger partial charge in [0.1, 0.15) is 5.82 Å². The van der Waals surface area contributed by atoms with Gasteiger partial charge in [-0.05, 0) is 53.6 Å². The van der Waals surface area contributed by atoms with Crippen LogP contribution in [0.4, 0.5) is 10.1 Å². The number of methoxy groups -OCH3 is 3. The van der Waals surface area contributed by atoms with E-state index in [2.05, 4.69) is 10.3 Å². The van der Waals surface area contributed by atoms with Crippen LogP contribution in [-0.4, -0.2) is 26.3 Å². The number of benzene rings is 2. The molecule has 0 spiro atoms. The molecule has 0 radical (unpaired) electrons. The number of hydrogen-bond donors (Lipinski definition) is 1. The molecule has 27 heavy (non-hydrogen) atoms. The van der Waals surface area contributed by atoms with Crippen LogP contribution in [-0.2, 0) is 6.54 Å². The van der Waals surface area contributed by atoms with E-state index >= 15 is 0 Å². The Hall–Kier alpha value is -3.28. The van der Waals surface area contributed by atoms with E-state index in [-0.39, 0.29) is 5.82 Å². The molecule has 3 rings (SSSR count). The lowest BCUT2D eigenvalue weighted by atomic mass is 10.0. The molecule has 0 atom stereocenters. The Labute approximate surface area is 157 Å². The van der Waals surface area contributed by atoms with Crippen molar-refractivity contribution in [2.24, 2.45) is 0 Å². The summed E-state index contributed by atoms with van der Waals surface area (Å²) in [5.74, 6) is 1.46. The number of pyridine rings is 1. The van der Waals surface area contributed by atoms with E-state index in [0.717, 1.165) is 22.4 Å². The van der Waals surface area contributed by atoms with Crippen molar-refractivity contribution in [3.05, 3.63) is 66.2 Å². The average molecular weight is 368 g/mol. The molecule has 0 aliphatic carbocycles. The lowest BCUT2D eigenvalue weighted by Gasteiger charge is -2.14. The number of hydrogen-bond acceptors (Lipinski definition) is 5. The van der Waals surface area contributed by atoms with Crippen molar-refractivity contribution in [3.8, 4) is 28.4 Å². The van der Waals surface area contributed by atoms with E-state index < -0.39 is 0 Å². The van der Waals surface area contributed by atoms with Gasteiger partial charge in [-0.3, -0.25) is 4.98 Å². The summed E-state index contributed by atoms with van der Waals surface area (Å²) in [4.78, 5) is 4.33. The van der Waals surface area contributed by atoms with Crippen molar-refractivity contribution in [1.82, 2.24) is 4.98 Å². The molecule has 2 aromatic carbocycles. The molecule has 1 heterocycles. The molecule has 0 aliphatic heterocycles. The lowest BCUT2D eigenvalue weighted by molar-refractivity contribution is 0.324. The van der Waals surface area contributed by atoms with Crippen molar-refractivity contribution < 1.29 is 18.6 Å². The second-order valence-electron chi connectivity index (χ2n) is 5.86. The van der Waals surface area contributed by atoms with Crippen LogP contribution in [0, 0.1) is 5.82 Å². The highest BCUT2D eigenvalue weighted by Gasteiger charge is 2.14. The zero-order valence-electron chi connectivity index (χ0n) is 15.5. The van der Waals surface area contributed by atoms with Gasteiger partial charge < -0.3 is 19.5 Å². The summed E-state index contributed by atoms with van der Waals surface area (Å²) >= 11 is 0. The quantitative estimate of drug-likeness (QED) is 0.664. The molecular formula is C21H21FN2O3. The maximum absolute atomic E-state index is 13.0. The molecule has 1 aromatic heterocycles. The highest BCUT2D eigenvalue weighted by molar-refractivity contribution is 5.71. The monoisotopic (exact) mass is 368 g/mol. The second kappa shape index (κ2) is 8.40. The number of aromatic nitrogens is 1. The molecule has 140 valence electrons. The van der Waals surface area contributed by atoms with E-state index in [1.165, 1.54) is 12.1 Å². The number of anilines is 1. The smallest absolute Gasteiger partial charge is 0.203 e. The minimum atomic E-state index is -0.258. The Balaban J connectivity index is 1.85. The Bertz CT molecular complexity index is 889. The van der Waals surface area contributed by atoms with Gasteiger partial charge in [-0.15, -0.1) is 0 Å². The number of nitrogens with zero attached hydrogens (tertiary/aromatic N) is 1. The molecule has 1 N–H and O–H groups in total. The summed E-state index contributed by atoms with van der Waals surface area (Å²) in [5, 5.41) is 3.25. The highest BCUT2D eigenvalue weighted by atomic mass is 19.1. The van der Waals surface area contributed by atoms with Gasteiger partial charge in [0.15, 0.2) is 11.5 Å². The van der Waals surface area contributed by atoms with Crippen molar-refractivity contribution in [3.63, 3.8) is 0 Å². The summed E-state index contributed by atoms with van der Waals surface area (Å²) < 4.78 is 29.2. The zero-order chi connectivity index (χ0) is 19.2. The molecular weight excluding hydrogens is 347 g/mol. The van der Waals surface area contributed by atoms with Crippen LogP contribution in [0.15, 0.2) is 54.9 Å². The van der Waals surface area contributed by atoms with Crippen molar-refractivity contribution in [1.29, 1.82) is 0 Å². The zero-order valence-corrected chi connectivity index (χ0v) is 15.5. The molecule has 0 saturated heterocycles. The first-order valence-electron chi connectivity index (χ1n) is 8.38. The standard InChI is InChI=1S/C21H21FN2O3/c1-25-19-9-15(10-20(26-2)21(19)27-3)16-8-14(11-23-13-16)12-24-18-6-4-17(22)5-7-18/h4-11,13,24H,12H2,1-3H3.